The fourth-order valence-corrected chi connectivity index (χ4v) is 3.50. The van der Waals surface area contributed by atoms with Gasteiger partial charge in [0, 0.05) is 29.2 Å². The SMILES string of the molecule is Cc1ccc(-c2cc(-c3ccc(Cl)cc3)c(C#N)c(N3CCOCC3)n2)cc1. The van der Waals surface area contributed by atoms with Gasteiger partial charge in [-0.15, -0.1) is 0 Å². The second-order valence-electron chi connectivity index (χ2n) is 6.84. The van der Waals surface area contributed by atoms with Crippen molar-refractivity contribution in [2.24, 2.45) is 0 Å². The van der Waals surface area contributed by atoms with Gasteiger partial charge in [-0.1, -0.05) is 53.6 Å². The first kappa shape index (κ1) is 18.5. The Hall–Kier alpha value is -2.87. The zero-order chi connectivity index (χ0) is 19.5. The molecule has 140 valence electrons. The molecule has 0 spiro atoms. The lowest BCUT2D eigenvalue weighted by atomic mass is 9.97. The van der Waals surface area contributed by atoms with E-state index in [0.717, 1.165) is 35.5 Å². The third-order valence-corrected chi connectivity index (χ3v) is 5.18. The lowest BCUT2D eigenvalue weighted by Gasteiger charge is -2.29. The molecule has 1 aromatic heterocycles. The summed E-state index contributed by atoms with van der Waals surface area (Å²) in [5, 5.41) is 10.6. The number of aryl methyl sites for hydroxylation is 1. The Bertz CT molecular complexity index is 1020. The molecular weight excluding hydrogens is 370 g/mol. The number of morpholine rings is 1. The van der Waals surface area contributed by atoms with Crippen LogP contribution >= 0.6 is 11.6 Å². The first-order chi connectivity index (χ1) is 13.7. The van der Waals surface area contributed by atoms with Gasteiger partial charge in [-0.3, -0.25) is 0 Å². The van der Waals surface area contributed by atoms with Gasteiger partial charge >= 0.3 is 0 Å². The number of hydrogen-bond acceptors (Lipinski definition) is 4. The van der Waals surface area contributed by atoms with Crippen LogP contribution in [0.5, 0.6) is 0 Å². The summed E-state index contributed by atoms with van der Waals surface area (Å²) in [6.45, 7) is 4.78. The van der Waals surface area contributed by atoms with E-state index in [9.17, 15) is 5.26 Å². The molecule has 1 saturated heterocycles. The summed E-state index contributed by atoms with van der Waals surface area (Å²) < 4.78 is 5.48. The van der Waals surface area contributed by atoms with Crippen LogP contribution in [0, 0.1) is 18.3 Å². The molecule has 3 aromatic rings. The van der Waals surface area contributed by atoms with Crippen LogP contribution in [0.4, 0.5) is 5.82 Å². The van der Waals surface area contributed by atoms with Crippen LogP contribution in [-0.4, -0.2) is 31.3 Å². The van der Waals surface area contributed by atoms with Gasteiger partial charge < -0.3 is 9.64 Å². The van der Waals surface area contributed by atoms with Crippen LogP contribution in [-0.2, 0) is 4.74 Å². The maximum absolute atomic E-state index is 9.97. The second kappa shape index (κ2) is 8.02. The molecule has 0 radical (unpaired) electrons. The summed E-state index contributed by atoms with van der Waals surface area (Å²) in [5.41, 5.74) is 5.48. The van der Waals surface area contributed by atoms with Crippen molar-refractivity contribution in [2.75, 3.05) is 31.2 Å². The topological polar surface area (TPSA) is 49.2 Å². The third kappa shape index (κ3) is 3.73. The highest BCUT2D eigenvalue weighted by molar-refractivity contribution is 6.30. The predicted molar refractivity (Wildman–Crippen MR) is 113 cm³/mol. The number of aromatic nitrogens is 1. The minimum atomic E-state index is 0.583. The van der Waals surface area contributed by atoms with Crippen molar-refractivity contribution in [3.8, 4) is 28.5 Å². The van der Waals surface area contributed by atoms with Crippen LogP contribution < -0.4 is 4.90 Å². The van der Waals surface area contributed by atoms with Crippen molar-refractivity contribution in [2.45, 2.75) is 6.92 Å². The van der Waals surface area contributed by atoms with Crippen molar-refractivity contribution in [3.05, 3.63) is 70.7 Å². The Kier molecular flexibility index (Phi) is 5.29. The molecule has 2 heterocycles. The Balaban J connectivity index is 1.92. The van der Waals surface area contributed by atoms with Crippen LogP contribution in [0.15, 0.2) is 54.6 Å². The molecule has 4 rings (SSSR count). The van der Waals surface area contributed by atoms with Gasteiger partial charge in [0.05, 0.1) is 18.9 Å². The number of halogens is 1. The highest BCUT2D eigenvalue weighted by Gasteiger charge is 2.21. The average Bonchev–Trinajstić information content (AvgIpc) is 2.74. The van der Waals surface area contributed by atoms with Gasteiger partial charge in [-0.25, -0.2) is 4.98 Å². The monoisotopic (exact) mass is 389 g/mol. The zero-order valence-electron chi connectivity index (χ0n) is 15.7. The van der Waals surface area contributed by atoms with Crippen molar-refractivity contribution < 1.29 is 4.74 Å². The van der Waals surface area contributed by atoms with Crippen LogP contribution in [0.25, 0.3) is 22.4 Å². The molecule has 5 heteroatoms. The van der Waals surface area contributed by atoms with E-state index >= 15 is 0 Å². The average molecular weight is 390 g/mol. The fraction of sp³-hybridized carbons (Fsp3) is 0.217. The first-order valence-corrected chi connectivity index (χ1v) is 9.64. The van der Waals surface area contributed by atoms with E-state index in [0.29, 0.717) is 29.6 Å². The molecule has 4 nitrogen and oxygen atoms in total. The third-order valence-electron chi connectivity index (χ3n) is 4.93. The van der Waals surface area contributed by atoms with Crippen LogP contribution in [0.3, 0.4) is 0 Å². The first-order valence-electron chi connectivity index (χ1n) is 9.26. The van der Waals surface area contributed by atoms with Crippen molar-refractivity contribution >= 4 is 17.4 Å². The molecule has 0 bridgehead atoms. The largest absolute Gasteiger partial charge is 0.378 e. The van der Waals surface area contributed by atoms with E-state index in [2.05, 4.69) is 42.2 Å². The molecule has 1 aliphatic rings. The number of ether oxygens (including phenoxy) is 1. The maximum Gasteiger partial charge on any atom is 0.148 e. The molecule has 1 aliphatic heterocycles. The predicted octanol–water partition coefficient (Wildman–Crippen LogP) is 5.09. The lowest BCUT2D eigenvalue weighted by molar-refractivity contribution is 0.122. The summed E-state index contributed by atoms with van der Waals surface area (Å²) in [5.74, 6) is 0.717. The van der Waals surface area contributed by atoms with Gasteiger partial charge in [0.25, 0.3) is 0 Å². The molecule has 0 atom stereocenters. The zero-order valence-corrected chi connectivity index (χ0v) is 16.4. The lowest BCUT2D eigenvalue weighted by Crippen LogP contribution is -2.37. The summed E-state index contributed by atoms with van der Waals surface area (Å²) in [6, 6.07) is 20.2. The van der Waals surface area contributed by atoms with E-state index in [1.807, 2.05) is 30.3 Å². The van der Waals surface area contributed by atoms with Gasteiger partial charge in [-0.2, -0.15) is 5.26 Å². The van der Waals surface area contributed by atoms with Gasteiger partial charge in [0.1, 0.15) is 17.5 Å². The van der Waals surface area contributed by atoms with Crippen molar-refractivity contribution in [3.63, 3.8) is 0 Å². The number of rotatable bonds is 3. The Labute approximate surface area is 170 Å². The van der Waals surface area contributed by atoms with E-state index in [4.69, 9.17) is 21.3 Å². The van der Waals surface area contributed by atoms with E-state index in [1.54, 1.807) is 0 Å². The minimum absolute atomic E-state index is 0.583. The van der Waals surface area contributed by atoms with E-state index < -0.39 is 0 Å². The fourth-order valence-electron chi connectivity index (χ4n) is 3.38. The van der Waals surface area contributed by atoms with Gasteiger partial charge in [0.2, 0.25) is 0 Å². The molecule has 0 saturated carbocycles. The molecule has 28 heavy (non-hydrogen) atoms. The van der Waals surface area contributed by atoms with Crippen molar-refractivity contribution in [1.82, 2.24) is 4.98 Å². The summed E-state index contributed by atoms with van der Waals surface area (Å²) in [6.07, 6.45) is 0. The summed E-state index contributed by atoms with van der Waals surface area (Å²) in [7, 11) is 0. The standard InChI is InChI=1S/C23H20ClN3O/c1-16-2-4-18(5-3-16)22-14-20(17-6-8-19(24)9-7-17)21(15-25)23(26-22)27-10-12-28-13-11-27/h2-9,14H,10-13H2,1H3. The Morgan fingerprint density at radius 1 is 1.00 bits per heavy atom. The van der Waals surface area contributed by atoms with Gasteiger partial charge in [-0.05, 0) is 30.7 Å². The summed E-state index contributed by atoms with van der Waals surface area (Å²) >= 11 is 6.07. The van der Waals surface area contributed by atoms with Crippen molar-refractivity contribution in [1.29, 1.82) is 5.26 Å². The smallest absolute Gasteiger partial charge is 0.148 e. The molecule has 0 amide bonds. The van der Waals surface area contributed by atoms with E-state index in [1.165, 1.54) is 5.56 Å². The molecule has 0 aliphatic carbocycles. The number of anilines is 1. The van der Waals surface area contributed by atoms with Gasteiger partial charge in [0.15, 0.2) is 0 Å². The number of benzene rings is 2. The van der Waals surface area contributed by atoms with E-state index in [-0.39, 0.29) is 0 Å². The number of hydrogen-bond donors (Lipinski definition) is 0. The number of nitriles is 1. The molecule has 0 N–H and O–H groups in total. The molecule has 2 aromatic carbocycles. The molecule has 0 unspecified atom stereocenters. The maximum atomic E-state index is 9.97. The highest BCUT2D eigenvalue weighted by Crippen LogP contribution is 2.34. The quantitative estimate of drug-likeness (QED) is 0.626. The number of nitrogens with zero attached hydrogens (tertiary/aromatic N) is 3. The Morgan fingerprint density at radius 2 is 1.64 bits per heavy atom. The highest BCUT2D eigenvalue weighted by atomic mass is 35.5. The van der Waals surface area contributed by atoms with Crippen LogP contribution in [0.2, 0.25) is 5.02 Å². The van der Waals surface area contributed by atoms with Crippen LogP contribution in [0.1, 0.15) is 11.1 Å². The summed E-state index contributed by atoms with van der Waals surface area (Å²) in [4.78, 5) is 7.03. The molecular formula is C23H20ClN3O. The minimum Gasteiger partial charge on any atom is -0.378 e. The number of pyridine rings is 1. The molecule has 1 fully saturated rings. The normalized spacial score (nSPS) is 14.0. The Morgan fingerprint density at radius 3 is 2.29 bits per heavy atom. The second-order valence-corrected chi connectivity index (χ2v) is 7.27.